The Balaban J connectivity index is -0.0000000793. The zero-order chi connectivity index (χ0) is 17.1. The Kier molecular flexibility index (Phi) is 18.0. The summed E-state index contributed by atoms with van der Waals surface area (Å²) in [4.78, 5) is 72.3. The first-order valence-corrected chi connectivity index (χ1v) is 9.83. The topological polar surface area (TPSA) is 271 Å². The number of phosphoric acid groups is 3. The van der Waals surface area contributed by atoms with Gasteiger partial charge in [-0.1, -0.05) is 0 Å². The molecule has 0 heterocycles. The molecule has 1 unspecified atom stereocenters. The smallest absolute Gasteiger partial charge is 0.346 e. The van der Waals surface area contributed by atoms with Crippen molar-refractivity contribution in [3.63, 3.8) is 0 Å². The predicted molar refractivity (Wildman–Crippen MR) is 59.9 cm³/mol. The van der Waals surface area contributed by atoms with Crippen molar-refractivity contribution in [3.05, 3.63) is 0 Å². The quantitative estimate of drug-likeness (QED) is 0.193. The van der Waals surface area contributed by atoms with E-state index in [1.54, 1.807) is 0 Å². The summed E-state index contributed by atoms with van der Waals surface area (Å²) in [5.41, 5.74) is 0. The summed E-state index contributed by atoms with van der Waals surface area (Å²) in [5.74, 6) is 0. The Bertz CT molecular complexity index is 275. The largest absolute Gasteiger partial charge is 0.466 e. The predicted octanol–water partition coefficient (Wildman–Crippen LogP) is -2.70. The summed E-state index contributed by atoms with van der Waals surface area (Å²) in [6.45, 7) is 1.27. The molecular weight excluding hydrogens is 360 g/mol. The molecular formula is CH14O14P4. The van der Waals surface area contributed by atoms with Crippen LogP contribution in [0, 0.1) is 0 Å². The van der Waals surface area contributed by atoms with Gasteiger partial charge in [-0.3, -0.25) is 4.57 Å². The van der Waals surface area contributed by atoms with E-state index in [1.807, 2.05) is 0 Å². The second-order valence-corrected chi connectivity index (χ2v) is 6.18. The summed E-state index contributed by atoms with van der Waals surface area (Å²) in [5, 5.41) is 0. The molecule has 18 heteroatoms. The molecule has 0 fully saturated rings. The third-order valence-corrected chi connectivity index (χ3v) is 0. The lowest BCUT2D eigenvalue weighted by Crippen LogP contribution is -1.66. The van der Waals surface area contributed by atoms with Gasteiger partial charge in [0.2, 0.25) is 0 Å². The van der Waals surface area contributed by atoms with Crippen LogP contribution < -0.4 is 0 Å². The maximum absolute atomic E-state index is 9.19. The standard InChI is InChI=1S/CH5O2P.3H3O4P/c1-4(2)3;3*1-5(2,3)4/h4H,1H3,(H,2,3);3*(H3,1,2,3,4). The van der Waals surface area contributed by atoms with Crippen molar-refractivity contribution >= 4 is 31.5 Å². The summed E-state index contributed by atoms with van der Waals surface area (Å²) in [7, 11) is -16.0. The Morgan fingerprint density at radius 2 is 0.632 bits per heavy atom. The maximum Gasteiger partial charge on any atom is 0.466 e. The van der Waals surface area contributed by atoms with Crippen LogP contribution in [0.3, 0.4) is 0 Å². The van der Waals surface area contributed by atoms with Crippen LogP contribution in [0.5, 0.6) is 0 Å². The van der Waals surface area contributed by atoms with Gasteiger partial charge in [0.05, 0.1) is 0 Å². The highest BCUT2D eigenvalue weighted by Crippen LogP contribution is 2.26. The average Bonchev–Trinajstić information content (AvgIpc) is 1.66. The molecule has 1 atom stereocenters. The monoisotopic (exact) mass is 374 g/mol. The van der Waals surface area contributed by atoms with E-state index in [1.165, 1.54) is 6.66 Å². The van der Waals surface area contributed by atoms with Crippen molar-refractivity contribution in [3.8, 4) is 0 Å². The van der Waals surface area contributed by atoms with Gasteiger partial charge in [-0.2, -0.15) is 0 Å². The average molecular weight is 374 g/mol. The number of hydrogen-bond acceptors (Lipinski definition) is 4. The first kappa shape index (κ1) is 27.8. The molecule has 0 amide bonds. The highest BCUT2D eigenvalue weighted by atomic mass is 31.2. The molecule has 0 aromatic carbocycles. The first-order chi connectivity index (χ1) is 7.73. The third-order valence-electron chi connectivity index (χ3n) is 0. The van der Waals surface area contributed by atoms with Crippen molar-refractivity contribution in [2.45, 2.75) is 0 Å². The molecule has 0 saturated heterocycles. The second kappa shape index (κ2) is 12.3. The fourth-order valence-corrected chi connectivity index (χ4v) is 0. The lowest BCUT2D eigenvalue weighted by atomic mass is 12.0. The van der Waals surface area contributed by atoms with Crippen molar-refractivity contribution in [1.82, 2.24) is 0 Å². The zero-order valence-corrected chi connectivity index (χ0v) is 12.6. The Morgan fingerprint density at radius 1 is 0.632 bits per heavy atom. The van der Waals surface area contributed by atoms with E-state index in [0.717, 1.165) is 0 Å². The van der Waals surface area contributed by atoms with Gasteiger partial charge in [0.15, 0.2) is 8.03 Å². The van der Waals surface area contributed by atoms with Crippen LogP contribution in [0.25, 0.3) is 0 Å². The normalized spacial score (nSPS) is 12.6. The third kappa shape index (κ3) is 18700. The van der Waals surface area contributed by atoms with E-state index >= 15 is 0 Å². The van der Waals surface area contributed by atoms with Gasteiger partial charge >= 0.3 is 23.5 Å². The minimum Gasteiger partial charge on any atom is -0.346 e. The fraction of sp³-hybridized carbons (Fsp3) is 1.00. The van der Waals surface area contributed by atoms with E-state index in [0.29, 0.717) is 0 Å². The first-order valence-electron chi connectivity index (χ1n) is 3.28. The Hall–Kier alpha value is 0.520. The van der Waals surface area contributed by atoms with Gasteiger partial charge in [0, 0.05) is 6.66 Å². The van der Waals surface area contributed by atoms with E-state index in [2.05, 4.69) is 0 Å². The molecule has 0 aromatic heterocycles. The number of hydrogen-bond donors (Lipinski definition) is 10. The molecule has 0 aromatic rings. The van der Waals surface area contributed by atoms with Crippen LogP contribution in [-0.2, 0) is 18.3 Å². The van der Waals surface area contributed by atoms with Gasteiger partial charge < -0.3 is 48.9 Å². The van der Waals surface area contributed by atoms with Gasteiger partial charge in [-0.15, -0.1) is 0 Å². The van der Waals surface area contributed by atoms with Crippen LogP contribution in [0.15, 0.2) is 0 Å². The van der Waals surface area contributed by atoms with Crippen LogP contribution in [-0.4, -0.2) is 55.6 Å². The lowest BCUT2D eigenvalue weighted by molar-refractivity contribution is 0.272. The van der Waals surface area contributed by atoms with Crippen molar-refractivity contribution < 1.29 is 67.2 Å². The van der Waals surface area contributed by atoms with Crippen LogP contribution in [0.1, 0.15) is 0 Å². The molecule has 122 valence electrons. The minimum atomic E-state index is -4.64. The van der Waals surface area contributed by atoms with E-state index in [9.17, 15) is 4.57 Å². The molecule has 14 nitrogen and oxygen atoms in total. The molecule has 0 saturated carbocycles. The molecule has 0 aliphatic heterocycles. The van der Waals surface area contributed by atoms with Crippen LogP contribution in [0.4, 0.5) is 0 Å². The van der Waals surface area contributed by atoms with Gasteiger partial charge in [0.1, 0.15) is 0 Å². The summed E-state index contributed by atoms with van der Waals surface area (Å²) >= 11 is 0. The highest BCUT2D eigenvalue weighted by Gasteiger charge is 2.01. The van der Waals surface area contributed by atoms with E-state index < -0.39 is 31.5 Å². The summed E-state index contributed by atoms with van der Waals surface area (Å²) in [6, 6.07) is 0. The SMILES string of the molecule is C[PH](=O)O.O=P(O)(O)O.O=P(O)(O)O.O=P(O)(O)O. The highest BCUT2D eigenvalue weighted by molar-refractivity contribution is 7.45. The van der Waals surface area contributed by atoms with Crippen LogP contribution >= 0.6 is 31.5 Å². The molecule has 0 aliphatic carbocycles. The molecule has 10 N–H and O–H groups in total. The zero-order valence-electron chi connectivity index (χ0n) is 8.95. The molecule has 0 aliphatic rings. The Labute approximate surface area is 106 Å². The summed E-state index contributed by atoms with van der Waals surface area (Å²) in [6.07, 6.45) is 0. The van der Waals surface area contributed by atoms with E-state index in [-0.39, 0.29) is 0 Å². The van der Waals surface area contributed by atoms with Crippen molar-refractivity contribution in [2.75, 3.05) is 6.66 Å². The van der Waals surface area contributed by atoms with Gasteiger partial charge in [-0.25, -0.2) is 13.7 Å². The molecule has 0 rings (SSSR count). The fourth-order valence-electron chi connectivity index (χ4n) is 0. The second-order valence-electron chi connectivity index (χ2n) is 2.06. The molecule has 19 heavy (non-hydrogen) atoms. The maximum atomic E-state index is 9.19. The molecule has 0 spiro atoms. The molecule has 0 bridgehead atoms. The minimum absolute atomic E-state index is 1.27. The van der Waals surface area contributed by atoms with Crippen molar-refractivity contribution in [1.29, 1.82) is 0 Å². The summed E-state index contributed by atoms with van der Waals surface area (Å²) < 4.78 is 35.8. The van der Waals surface area contributed by atoms with Crippen molar-refractivity contribution in [2.24, 2.45) is 0 Å². The number of rotatable bonds is 0. The Morgan fingerprint density at radius 3 is 0.632 bits per heavy atom. The van der Waals surface area contributed by atoms with E-state index in [4.69, 9.17) is 62.6 Å². The van der Waals surface area contributed by atoms with Gasteiger partial charge in [0.25, 0.3) is 0 Å². The van der Waals surface area contributed by atoms with Gasteiger partial charge in [-0.05, 0) is 0 Å². The lowest BCUT2D eigenvalue weighted by Gasteiger charge is -1.82. The van der Waals surface area contributed by atoms with Crippen LogP contribution in [0.2, 0.25) is 0 Å². The molecule has 0 radical (unpaired) electrons.